The largest absolute Gasteiger partial charge is 0.491 e. The molecule has 2 atom stereocenters. The highest BCUT2D eigenvalue weighted by Crippen LogP contribution is 2.23. The highest BCUT2D eigenvalue weighted by atomic mass is 16.5. The van der Waals surface area contributed by atoms with E-state index in [1.165, 1.54) is 19.4 Å². The highest BCUT2D eigenvalue weighted by Gasteiger charge is 2.35. The van der Waals surface area contributed by atoms with Crippen molar-refractivity contribution in [2.45, 2.75) is 12.5 Å². The topological polar surface area (TPSA) is 95.5 Å². The number of ether oxygens (including phenoxy) is 1. The molecule has 0 bridgehead atoms. The van der Waals surface area contributed by atoms with Gasteiger partial charge in [-0.15, -0.1) is 0 Å². The summed E-state index contributed by atoms with van der Waals surface area (Å²) in [5.41, 5.74) is 1.62. The van der Waals surface area contributed by atoms with Crippen molar-refractivity contribution in [2.75, 3.05) is 20.2 Å². The summed E-state index contributed by atoms with van der Waals surface area (Å²) in [5.74, 6) is -0.270. The van der Waals surface area contributed by atoms with Gasteiger partial charge < -0.3 is 19.7 Å². The van der Waals surface area contributed by atoms with Crippen LogP contribution in [0.1, 0.15) is 16.2 Å². The van der Waals surface area contributed by atoms with Gasteiger partial charge in [-0.3, -0.25) is 14.6 Å². The Morgan fingerprint density at radius 2 is 2.11 bits per heavy atom. The predicted molar refractivity (Wildman–Crippen MR) is 104 cm³/mol. The Labute approximate surface area is 161 Å². The van der Waals surface area contributed by atoms with Gasteiger partial charge in [0.05, 0.1) is 18.7 Å². The number of β-amino-alcohol motifs (C(OH)–C–C–N with tert-alkyl or cyclic N) is 1. The van der Waals surface area contributed by atoms with E-state index in [1.807, 2.05) is 36.4 Å². The molecule has 0 aliphatic carbocycles. The van der Waals surface area contributed by atoms with Crippen molar-refractivity contribution < 1.29 is 14.6 Å². The van der Waals surface area contributed by atoms with Crippen LogP contribution in [0.5, 0.6) is 5.75 Å². The van der Waals surface area contributed by atoms with Gasteiger partial charge in [-0.25, -0.2) is 0 Å². The molecule has 7 heteroatoms. The minimum absolute atomic E-state index is 0.109. The molecule has 144 valence electrons. The van der Waals surface area contributed by atoms with Crippen molar-refractivity contribution in [1.29, 1.82) is 0 Å². The van der Waals surface area contributed by atoms with E-state index >= 15 is 0 Å². The second kappa shape index (κ2) is 7.44. The molecule has 1 saturated heterocycles. The van der Waals surface area contributed by atoms with E-state index in [0.717, 1.165) is 16.6 Å². The van der Waals surface area contributed by atoms with Crippen LogP contribution in [-0.4, -0.2) is 52.2 Å². The molecule has 1 aliphatic heterocycles. The van der Waals surface area contributed by atoms with Crippen LogP contribution in [0, 0.1) is 5.92 Å². The summed E-state index contributed by atoms with van der Waals surface area (Å²) < 4.78 is 4.92. The fraction of sp³-hybridized carbons (Fsp3) is 0.286. The van der Waals surface area contributed by atoms with Crippen LogP contribution in [0.3, 0.4) is 0 Å². The van der Waals surface area contributed by atoms with E-state index in [4.69, 9.17) is 4.74 Å². The molecule has 28 heavy (non-hydrogen) atoms. The first-order chi connectivity index (χ1) is 13.5. The molecular formula is C21H21N3O4. The van der Waals surface area contributed by atoms with E-state index in [1.54, 1.807) is 4.90 Å². The zero-order valence-electron chi connectivity index (χ0n) is 15.5. The molecule has 1 aromatic carbocycles. The number of pyridine rings is 2. The molecule has 4 rings (SSSR count). The van der Waals surface area contributed by atoms with E-state index in [2.05, 4.69) is 9.97 Å². The Bertz CT molecular complexity index is 1080. The number of aromatic nitrogens is 2. The van der Waals surface area contributed by atoms with Gasteiger partial charge in [-0.05, 0) is 18.6 Å². The molecule has 7 nitrogen and oxygen atoms in total. The lowest BCUT2D eigenvalue weighted by atomic mass is 9.99. The normalized spacial score (nSPS) is 19.1. The zero-order valence-corrected chi connectivity index (χ0v) is 15.5. The number of hydrogen-bond acceptors (Lipinski definition) is 5. The number of carbonyl (C=O) groups excluding carboxylic acids is 1. The molecule has 3 aromatic rings. The summed E-state index contributed by atoms with van der Waals surface area (Å²) in [4.78, 5) is 33.6. The van der Waals surface area contributed by atoms with Gasteiger partial charge in [0.25, 0.3) is 5.91 Å². The number of benzene rings is 1. The number of aliphatic hydroxyl groups excluding tert-OH is 1. The molecule has 1 fully saturated rings. The number of hydrogen-bond donors (Lipinski definition) is 2. The number of fused-ring (bicyclic) bond motifs is 1. The maximum atomic E-state index is 12.7. The first kappa shape index (κ1) is 18.2. The lowest BCUT2D eigenvalue weighted by Gasteiger charge is -2.16. The fourth-order valence-electron chi connectivity index (χ4n) is 3.62. The van der Waals surface area contributed by atoms with Crippen LogP contribution in [0.2, 0.25) is 0 Å². The lowest BCUT2D eigenvalue weighted by molar-refractivity contribution is 0.0758. The number of methoxy groups -OCH3 is 1. The average Bonchev–Trinajstić information content (AvgIpc) is 3.07. The Hall–Kier alpha value is -3.19. The fourth-order valence-corrected chi connectivity index (χ4v) is 3.62. The summed E-state index contributed by atoms with van der Waals surface area (Å²) >= 11 is 0. The van der Waals surface area contributed by atoms with Gasteiger partial charge >= 0.3 is 0 Å². The first-order valence-electron chi connectivity index (χ1n) is 9.14. The van der Waals surface area contributed by atoms with E-state index in [-0.39, 0.29) is 35.2 Å². The molecular weight excluding hydrogens is 358 g/mol. The lowest BCUT2D eigenvalue weighted by Crippen LogP contribution is -2.31. The summed E-state index contributed by atoms with van der Waals surface area (Å²) in [6.45, 7) is 0.633. The monoisotopic (exact) mass is 379 g/mol. The Balaban J connectivity index is 1.48. The number of nitrogens with one attached hydrogen (secondary N) is 1. The summed E-state index contributed by atoms with van der Waals surface area (Å²) in [5, 5.41) is 11.5. The van der Waals surface area contributed by atoms with Crippen molar-refractivity contribution in [3.8, 4) is 5.75 Å². The van der Waals surface area contributed by atoms with Crippen LogP contribution in [0.4, 0.5) is 0 Å². The maximum Gasteiger partial charge on any atom is 0.270 e. The zero-order chi connectivity index (χ0) is 19.7. The maximum absolute atomic E-state index is 12.7. The number of amides is 1. The number of rotatable bonds is 4. The first-order valence-corrected chi connectivity index (χ1v) is 9.14. The molecule has 0 spiro atoms. The molecule has 0 unspecified atom stereocenters. The standard InChI is InChI=1S/C21H21N3O4/c1-28-20-10-22-17(9-18(20)25)21(27)24-11-14(19(26)12-24)8-15-7-6-13-4-2-3-5-16(13)23-15/h2-7,9-10,14,19,26H,8,11-12H2,1H3,(H,22,25)/t14-,19-/m1/s1. The number of aliphatic hydroxyl groups is 1. The van der Waals surface area contributed by atoms with Crippen LogP contribution in [-0.2, 0) is 6.42 Å². The van der Waals surface area contributed by atoms with Crippen molar-refractivity contribution in [2.24, 2.45) is 5.92 Å². The van der Waals surface area contributed by atoms with Gasteiger partial charge in [0.15, 0.2) is 5.75 Å². The second-order valence-corrected chi connectivity index (χ2v) is 7.02. The number of nitrogens with zero attached hydrogens (tertiary/aromatic N) is 2. The minimum Gasteiger partial charge on any atom is -0.491 e. The van der Waals surface area contributed by atoms with Gasteiger partial charge in [-0.2, -0.15) is 0 Å². The molecule has 2 N–H and O–H groups in total. The average molecular weight is 379 g/mol. The predicted octanol–water partition coefficient (Wildman–Crippen LogP) is 1.61. The quantitative estimate of drug-likeness (QED) is 0.718. The van der Waals surface area contributed by atoms with Crippen LogP contribution in [0.15, 0.2) is 53.5 Å². The summed E-state index contributed by atoms with van der Waals surface area (Å²) in [6.07, 6.45) is 1.31. The van der Waals surface area contributed by atoms with E-state index in [9.17, 15) is 14.7 Å². The molecule has 1 amide bonds. The van der Waals surface area contributed by atoms with Crippen LogP contribution < -0.4 is 10.2 Å². The third-order valence-corrected chi connectivity index (χ3v) is 5.15. The van der Waals surface area contributed by atoms with Crippen molar-refractivity contribution in [3.05, 3.63) is 70.3 Å². The third-order valence-electron chi connectivity index (χ3n) is 5.15. The number of likely N-dealkylation sites (tertiary alicyclic amines) is 1. The van der Waals surface area contributed by atoms with Crippen molar-refractivity contribution in [1.82, 2.24) is 14.9 Å². The highest BCUT2D eigenvalue weighted by molar-refractivity contribution is 5.92. The summed E-state index contributed by atoms with van der Waals surface area (Å²) in [6, 6.07) is 13.1. The van der Waals surface area contributed by atoms with Crippen molar-refractivity contribution >= 4 is 16.8 Å². The Morgan fingerprint density at radius 3 is 2.89 bits per heavy atom. The molecule has 0 saturated carbocycles. The Morgan fingerprint density at radius 1 is 1.29 bits per heavy atom. The Kier molecular flexibility index (Phi) is 4.83. The van der Waals surface area contributed by atoms with Gasteiger partial charge in [0.1, 0.15) is 5.69 Å². The molecule has 3 heterocycles. The van der Waals surface area contributed by atoms with Gasteiger partial charge in [-0.1, -0.05) is 24.3 Å². The van der Waals surface area contributed by atoms with Gasteiger partial charge in [0, 0.05) is 42.4 Å². The third kappa shape index (κ3) is 3.48. The number of aromatic amines is 1. The smallest absolute Gasteiger partial charge is 0.270 e. The minimum atomic E-state index is -0.637. The van der Waals surface area contributed by atoms with Gasteiger partial charge in [0.2, 0.25) is 5.43 Å². The molecule has 1 aliphatic rings. The number of carbonyl (C=O) groups is 1. The van der Waals surface area contributed by atoms with Crippen molar-refractivity contribution in [3.63, 3.8) is 0 Å². The van der Waals surface area contributed by atoms with E-state index < -0.39 is 6.10 Å². The van der Waals surface area contributed by atoms with Crippen LogP contribution >= 0.6 is 0 Å². The van der Waals surface area contributed by atoms with Crippen LogP contribution in [0.25, 0.3) is 10.9 Å². The SMILES string of the molecule is COc1c[nH]c(C(=O)N2C[C@@H](Cc3ccc4ccccc4n3)[C@H](O)C2)cc1=O. The molecule has 0 radical (unpaired) electrons. The summed E-state index contributed by atoms with van der Waals surface area (Å²) in [7, 11) is 1.40. The second-order valence-electron chi connectivity index (χ2n) is 7.02. The molecule has 2 aromatic heterocycles. The number of H-pyrrole nitrogens is 1. The van der Waals surface area contributed by atoms with E-state index in [0.29, 0.717) is 13.0 Å². The number of para-hydroxylation sites is 1.